The average molecular weight is 432 g/mol. The maximum Gasteiger partial charge on any atom is 0.380 e. The van der Waals surface area contributed by atoms with Gasteiger partial charge in [-0.25, -0.2) is 0 Å². The van der Waals surface area contributed by atoms with Crippen molar-refractivity contribution in [2.45, 2.75) is 13.2 Å². The maximum atomic E-state index is 5.45. The third-order valence-electron chi connectivity index (χ3n) is 3.57. The van der Waals surface area contributed by atoms with E-state index in [-0.39, 0.29) is 0 Å². The van der Waals surface area contributed by atoms with Gasteiger partial charge in [-0.15, -0.1) is 0 Å². The predicted molar refractivity (Wildman–Crippen MR) is 106 cm³/mol. The second-order valence-electron chi connectivity index (χ2n) is 5.20. The molecule has 10 heteroatoms. The van der Waals surface area contributed by atoms with Gasteiger partial charge < -0.3 is 18.1 Å². The van der Waals surface area contributed by atoms with E-state index in [1.54, 1.807) is 0 Å². The molecule has 2 aromatic carbocycles. The van der Waals surface area contributed by atoms with E-state index in [0.29, 0.717) is 13.2 Å². The van der Waals surface area contributed by atoms with Crippen molar-refractivity contribution < 1.29 is 27.1 Å². The topological polar surface area (TPSA) is 55.4 Å². The lowest BCUT2D eigenvalue weighted by Crippen LogP contribution is -2.07. The highest BCUT2D eigenvalue weighted by Crippen LogP contribution is 2.54. The SMILES string of the molecule is COP1(=S)OCc2ccccc2O1.COP1(=S)OCc2ccccc2O1. The van der Waals surface area contributed by atoms with Crippen LogP contribution in [0.4, 0.5) is 0 Å². The Kier molecular flexibility index (Phi) is 6.49. The fourth-order valence-electron chi connectivity index (χ4n) is 2.20. The van der Waals surface area contributed by atoms with Crippen LogP contribution < -0.4 is 9.05 Å². The lowest BCUT2D eigenvalue weighted by atomic mass is 10.2. The number of fused-ring (bicyclic) bond motifs is 2. The molecule has 0 aliphatic carbocycles. The van der Waals surface area contributed by atoms with E-state index < -0.39 is 13.4 Å². The van der Waals surface area contributed by atoms with Crippen molar-refractivity contribution in [1.82, 2.24) is 0 Å². The summed E-state index contributed by atoms with van der Waals surface area (Å²) < 4.78 is 31.6. The zero-order valence-corrected chi connectivity index (χ0v) is 17.6. The molecule has 2 aliphatic rings. The van der Waals surface area contributed by atoms with E-state index in [1.165, 1.54) is 14.2 Å². The van der Waals surface area contributed by atoms with Gasteiger partial charge in [-0.05, 0) is 12.1 Å². The van der Waals surface area contributed by atoms with Crippen molar-refractivity contribution >= 4 is 37.1 Å². The Morgan fingerprint density at radius 1 is 0.731 bits per heavy atom. The fourth-order valence-corrected chi connectivity index (χ4v) is 4.89. The highest BCUT2D eigenvalue weighted by molar-refractivity contribution is 8.08. The van der Waals surface area contributed by atoms with Crippen molar-refractivity contribution in [3.05, 3.63) is 59.7 Å². The summed E-state index contributed by atoms with van der Waals surface area (Å²) >= 11 is 10.2. The van der Waals surface area contributed by atoms with Gasteiger partial charge in [0, 0.05) is 49.0 Å². The molecule has 0 N–H and O–H groups in total. The molecule has 0 spiro atoms. The summed E-state index contributed by atoms with van der Waals surface area (Å²) in [7, 11) is 3.02. The summed E-state index contributed by atoms with van der Waals surface area (Å²) in [5, 5.41) is 0. The summed E-state index contributed by atoms with van der Waals surface area (Å²) in [4.78, 5) is 0. The summed E-state index contributed by atoms with van der Waals surface area (Å²) in [5.74, 6) is 1.55. The van der Waals surface area contributed by atoms with E-state index in [0.717, 1.165) is 22.6 Å². The Hall–Kier alpha value is -0.820. The second-order valence-corrected chi connectivity index (χ2v) is 11.3. The molecule has 2 atom stereocenters. The molecular formula is C16H18O6P2S2. The molecular weight excluding hydrogens is 414 g/mol. The van der Waals surface area contributed by atoms with Gasteiger partial charge in [0.15, 0.2) is 0 Å². The molecule has 6 nitrogen and oxygen atoms in total. The number of benzene rings is 2. The molecule has 0 aromatic heterocycles. The molecule has 2 heterocycles. The van der Waals surface area contributed by atoms with E-state index >= 15 is 0 Å². The van der Waals surface area contributed by atoms with E-state index in [1.807, 2.05) is 48.5 Å². The molecule has 0 saturated heterocycles. The number of hydrogen-bond acceptors (Lipinski definition) is 8. The molecule has 140 valence electrons. The van der Waals surface area contributed by atoms with Crippen LogP contribution in [0.1, 0.15) is 11.1 Å². The predicted octanol–water partition coefficient (Wildman–Crippen LogP) is 4.93. The molecule has 2 aliphatic heterocycles. The molecule has 4 rings (SSSR count). The smallest absolute Gasteiger partial charge is 0.380 e. The Morgan fingerprint density at radius 2 is 1.12 bits per heavy atom. The molecule has 2 unspecified atom stereocenters. The van der Waals surface area contributed by atoms with Crippen molar-refractivity contribution in [1.29, 1.82) is 0 Å². The molecule has 0 radical (unpaired) electrons. The van der Waals surface area contributed by atoms with Crippen LogP contribution in [0.2, 0.25) is 0 Å². The summed E-state index contributed by atoms with van der Waals surface area (Å²) in [6, 6.07) is 15.3. The normalized spacial score (nSPS) is 26.2. The van der Waals surface area contributed by atoms with Crippen molar-refractivity contribution in [2.75, 3.05) is 14.2 Å². The van der Waals surface area contributed by atoms with Gasteiger partial charge in [0.1, 0.15) is 11.5 Å². The zero-order valence-electron chi connectivity index (χ0n) is 14.2. The maximum absolute atomic E-state index is 5.45. The Balaban J connectivity index is 0.000000151. The van der Waals surface area contributed by atoms with Crippen molar-refractivity contribution in [3.8, 4) is 11.5 Å². The lowest BCUT2D eigenvalue weighted by Gasteiger charge is -2.26. The Labute approximate surface area is 162 Å². The zero-order chi connectivity index (χ0) is 18.6. The monoisotopic (exact) mass is 432 g/mol. The first-order valence-electron chi connectivity index (χ1n) is 7.62. The summed E-state index contributed by atoms with van der Waals surface area (Å²) in [5.41, 5.74) is 2.03. The largest absolute Gasteiger partial charge is 0.424 e. The highest BCUT2D eigenvalue weighted by atomic mass is 32.5. The number of rotatable bonds is 2. The first-order chi connectivity index (χ1) is 12.5. The fraction of sp³-hybridized carbons (Fsp3) is 0.250. The van der Waals surface area contributed by atoms with Gasteiger partial charge in [-0.2, -0.15) is 0 Å². The van der Waals surface area contributed by atoms with Gasteiger partial charge >= 0.3 is 13.4 Å². The lowest BCUT2D eigenvalue weighted by molar-refractivity contribution is 0.202. The standard InChI is InChI=1S/2C8H9O3PS/c2*1-9-12(13)10-6-7-4-2-3-5-8(7)11-12/h2*2-5H,6H2,1H3. The molecule has 0 saturated carbocycles. The third-order valence-corrected chi connectivity index (χ3v) is 8.17. The minimum absolute atomic E-state index is 0.474. The van der Waals surface area contributed by atoms with Gasteiger partial charge in [0.05, 0.1) is 13.2 Å². The first kappa shape index (κ1) is 19.9. The summed E-state index contributed by atoms with van der Waals surface area (Å²) in [6.45, 7) is -4.04. The molecule has 26 heavy (non-hydrogen) atoms. The van der Waals surface area contributed by atoms with Crippen molar-refractivity contribution in [2.24, 2.45) is 0 Å². The van der Waals surface area contributed by atoms with Crippen LogP contribution in [0.25, 0.3) is 0 Å². The second kappa shape index (κ2) is 8.46. The van der Waals surface area contributed by atoms with Crippen molar-refractivity contribution in [3.63, 3.8) is 0 Å². The van der Waals surface area contributed by atoms with Crippen LogP contribution in [-0.2, 0) is 54.9 Å². The Bertz CT molecular complexity index is 804. The highest BCUT2D eigenvalue weighted by Gasteiger charge is 2.27. The quantitative estimate of drug-likeness (QED) is 0.619. The molecule has 0 bridgehead atoms. The van der Waals surface area contributed by atoms with Gasteiger partial charge in [-0.1, -0.05) is 36.4 Å². The molecule has 0 amide bonds. The van der Waals surface area contributed by atoms with Crippen LogP contribution in [0, 0.1) is 0 Å². The van der Waals surface area contributed by atoms with Crippen LogP contribution in [0.5, 0.6) is 11.5 Å². The van der Waals surface area contributed by atoms with E-state index in [4.69, 9.17) is 50.8 Å². The molecule has 2 aromatic rings. The first-order valence-corrected chi connectivity index (χ1v) is 12.7. The van der Waals surface area contributed by atoms with Crippen LogP contribution >= 0.6 is 13.4 Å². The van der Waals surface area contributed by atoms with Crippen LogP contribution in [-0.4, -0.2) is 14.2 Å². The van der Waals surface area contributed by atoms with Gasteiger partial charge in [0.25, 0.3) is 0 Å². The minimum atomic E-state index is -2.49. The van der Waals surface area contributed by atoms with Gasteiger partial charge in [0.2, 0.25) is 0 Å². The average Bonchev–Trinajstić information content (AvgIpc) is 2.68. The minimum Gasteiger partial charge on any atom is -0.424 e. The summed E-state index contributed by atoms with van der Waals surface area (Å²) in [6.07, 6.45) is 0. The van der Waals surface area contributed by atoms with E-state index in [2.05, 4.69) is 0 Å². The number of hydrogen-bond donors (Lipinski definition) is 0. The molecule has 0 fully saturated rings. The third kappa shape index (κ3) is 4.71. The van der Waals surface area contributed by atoms with Crippen LogP contribution in [0.3, 0.4) is 0 Å². The number of para-hydroxylation sites is 2. The van der Waals surface area contributed by atoms with Crippen LogP contribution in [0.15, 0.2) is 48.5 Å². The Morgan fingerprint density at radius 3 is 1.50 bits per heavy atom. The van der Waals surface area contributed by atoms with E-state index in [9.17, 15) is 0 Å². The van der Waals surface area contributed by atoms with Gasteiger partial charge in [-0.3, -0.25) is 9.05 Å².